The normalized spacial score (nSPS) is 11.6. The molecular weight excluding hydrogens is 1710 g/mol. The van der Waals surface area contributed by atoms with Crippen molar-refractivity contribution in [2.45, 2.75) is 185 Å². The van der Waals surface area contributed by atoms with E-state index in [0.29, 0.717) is 63.0 Å². The van der Waals surface area contributed by atoms with Crippen LogP contribution in [0.1, 0.15) is 253 Å². The lowest BCUT2D eigenvalue weighted by atomic mass is 9.98. The summed E-state index contributed by atoms with van der Waals surface area (Å²) in [5.74, 6) is -0.888. The average Bonchev–Trinajstić information content (AvgIpc) is 1.61. The van der Waals surface area contributed by atoms with E-state index in [1.165, 1.54) is 33.8 Å². The number of carbonyl (C=O) groups is 10. The van der Waals surface area contributed by atoms with E-state index < -0.39 is 11.6 Å². The van der Waals surface area contributed by atoms with Crippen LogP contribution in [0.5, 0.6) is 5.75 Å². The van der Waals surface area contributed by atoms with E-state index >= 15 is 4.39 Å². The molecule has 0 saturated heterocycles. The maximum atomic E-state index is 15.2. The Morgan fingerprint density at radius 2 is 0.507 bits per heavy atom. The van der Waals surface area contributed by atoms with E-state index in [4.69, 9.17) is 4.74 Å². The summed E-state index contributed by atoms with van der Waals surface area (Å²) in [7, 11) is 1.59. The van der Waals surface area contributed by atoms with Gasteiger partial charge in [0.25, 0.3) is 0 Å². The number of ether oxygens (including phenoxy) is 1. The van der Waals surface area contributed by atoms with Crippen molar-refractivity contribution in [3.63, 3.8) is 0 Å². The summed E-state index contributed by atoms with van der Waals surface area (Å²) < 4.78 is 46.5. The number of ketones is 10. The molecule has 0 unspecified atom stereocenters. The first kappa shape index (κ1) is 104. The van der Waals surface area contributed by atoms with Crippen molar-refractivity contribution < 1.29 is 61.5 Å². The average molecular weight is 1850 g/mol. The maximum Gasteiger partial charge on any atom is 0.163 e. The molecular formula is C113H134F2N10O11. The molecule has 15 rings (SSSR count). The summed E-state index contributed by atoms with van der Waals surface area (Å²) in [5.41, 5.74) is 17.3. The quantitative estimate of drug-likeness (QED) is 0.0333. The number of likely N-dealkylation sites (N-methyl/N-ethyl adjacent to an activating group) is 5. The van der Waals surface area contributed by atoms with Gasteiger partial charge in [0.15, 0.2) is 57.8 Å². The zero-order chi connectivity index (χ0) is 99.3. The highest BCUT2D eigenvalue weighted by Gasteiger charge is 2.27. The van der Waals surface area contributed by atoms with E-state index in [2.05, 4.69) is 129 Å². The second-order valence-corrected chi connectivity index (χ2v) is 35.1. The number of aryl methyl sites for hydroxylation is 2. The molecule has 0 radical (unpaired) electrons. The standard InChI is InChI=1S/C23H28N2O3.2C23H28N2O2.2C22H25FN2O2/c1-6-24(7-2)12-13-25-20-10-8-17(15(3)26)14-19(20)22-21(25)11-9-18(16(4)27)23(22)28-5;1-6-24(7-2)12-13-25-21-10-8-18(16(4)26)14-20(21)23-15(3)19(17(5)27)9-11-22(23)25;1-6-24(7-2)10-11-25-22-9-8-18(16(4)26)13-20(22)21-14-19(17(5)27)15(3)12-23(21)25;1-5-24(6-2)11-12-25-19-9-7-16(14(3)26)13-18(19)21-20(25)10-8-17(15(4)27)22(21)23;1-5-24(6-2)9-10-25-21-8-7-16(14(3)26)11-18(21)19-12-17(15(4)27)20(23)13-22(19)25/h8-11,14H,6-7,12-13H2,1-5H3;8-11,14H,6-7,12-13H2,1-5H3;8-9,12-14H,6-7,10-11H2,1-5H3;7-10,13H,5-6,11-12H2,1-4H3;7-8,11-13H,5-6,9-10H2,1-4H3. The minimum absolute atomic E-state index is 0.0187. The second-order valence-electron chi connectivity index (χ2n) is 35.1. The minimum Gasteiger partial charge on any atom is -0.495 e. The highest BCUT2D eigenvalue weighted by Crippen LogP contribution is 2.42. The van der Waals surface area contributed by atoms with Crippen LogP contribution in [0.4, 0.5) is 8.78 Å². The number of nitrogens with zero attached hydrogens (tertiary/aromatic N) is 10. The van der Waals surface area contributed by atoms with Crippen LogP contribution in [-0.2, 0) is 32.7 Å². The van der Waals surface area contributed by atoms with Crippen LogP contribution in [-0.4, -0.2) is 210 Å². The third kappa shape index (κ3) is 22.1. The van der Waals surface area contributed by atoms with Crippen LogP contribution >= 0.6 is 0 Å². The number of hydrogen-bond donors (Lipinski definition) is 0. The van der Waals surface area contributed by atoms with Gasteiger partial charge in [-0.25, -0.2) is 8.78 Å². The predicted molar refractivity (Wildman–Crippen MR) is 552 cm³/mol. The zero-order valence-corrected chi connectivity index (χ0v) is 83.8. The van der Waals surface area contributed by atoms with Gasteiger partial charge in [0.2, 0.25) is 0 Å². The second kappa shape index (κ2) is 45.8. The van der Waals surface area contributed by atoms with Crippen LogP contribution in [0.15, 0.2) is 152 Å². The zero-order valence-electron chi connectivity index (χ0n) is 83.8. The Kier molecular flexibility index (Phi) is 35.0. The number of Topliss-reactive ketones (excluding diaryl/α,β-unsaturated/α-hetero) is 10. The molecule has 0 amide bonds. The van der Waals surface area contributed by atoms with Crippen molar-refractivity contribution in [2.24, 2.45) is 0 Å². The lowest BCUT2D eigenvalue weighted by molar-refractivity contribution is 0.100. The predicted octanol–water partition coefficient (Wildman–Crippen LogP) is 23.6. The number of fused-ring (bicyclic) bond motifs is 15. The molecule has 0 atom stereocenters. The molecule has 0 spiro atoms. The highest BCUT2D eigenvalue weighted by molar-refractivity contribution is 6.20. The third-order valence-corrected chi connectivity index (χ3v) is 27.2. The molecule has 5 aromatic heterocycles. The molecule has 0 aliphatic heterocycles. The Balaban J connectivity index is 0.000000163. The molecule has 0 aliphatic carbocycles. The monoisotopic (exact) mass is 1850 g/mol. The van der Waals surface area contributed by atoms with Gasteiger partial charge in [0.05, 0.1) is 45.7 Å². The number of aromatic nitrogens is 5. The van der Waals surface area contributed by atoms with Crippen LogP contribution in [0.3, 0.4) is 0 Å². The molecule has 15 aromatic rings. The van der Waals surface area contributed by atoms with Gasteiger partial charge >= 0.3 is 0 Å². The minimum atomic E-state index is -0.507. The number of hydrogen-bond acceptors (Lipinski definition) is 16. The topological polar surface area (TPSA) is 221 Å². The van der Waals surface area contributed by atoms with E-state index in [1.54, 1.807) is 79.0 Å². The van der Waals surface area contributed by atoms with Crippen LogP contribution in [0.25, 0.3) is 109 Å². The van der Waals surface area contributed by atoms with Crippen molar-refractivity contribution in [3.8, 4) is 5.75 Å². The summed E-state index contributed by atoms with van der Waals surface area (Å²) in [6, 6.07) is 46.9. The number of methoxy groups -OCH3 is 1. The van der Waals surface area contributed by atoms with Crippen molar-refractivity contribution in [1.82, 2.24) is 47.3 Å². The maximum absolute atomic E-state index is 15.2. The first-order valence-electron chi connectivity index (χ1n) is 47.9. The Morgan fingerprint density at radius 3 is 0.824 bits per heavy atom. The van der Waals surface area contributed by atoms with Crippen LogP contribution < -0.4 is 4.74 Å². The van der Waals surface area contributed by atoms with Gasteiger partial charge in [0.1, 0.15) is 17.4 Å². The first-order valence-corrected chi connectivity index (χ1v) is 47.9. The molecule has 0 bridgehead atoms. The van der Waals surface area contributed by atoms with Gasteiger partial charge < -0.3 is 52.1 Å². The fraction of sp³-hybridized carbons (Fsp3) is 0.381. The fourth-order valence-corrected chi connectivity index (χ4v) is 19.0. The number of rotatable bonds is 36. The number of halogens is 2. The van der Waals surface area contributed by atoms with Crippen molar-refractivity contribution >= 4 is 167 Å². The molecule has 10 aromatic carbocycles. The van der Waals surface area contributed by atoms with E-state index in [0.717, 1.165) is 238 Å². The molecule has 0 saturated carbocycles. The molecule has 0 N–H and O–H groups in total. The summed E-state index contributed by atoms with van der Waals surface area (Å²) in [4.78, 5) is 131. The number of benzene rings is 10. The molecule has 0 aliphatic rings. The lowest BCUT2D eigenvalue weighted by Gasteiger charge is -2.19. The largest absolute Gasteiger partial charge is 0.495 e. The summed E-state index contributed by atoms with van der Waals surface area (Å²) in [5, 5.41) is 8.84. The summed E-state index contributed by atoms with van der Waals surface area (Å²) >= 11 is 0. The smallest absolute Gasteiger partial charge is 0.163 e. The summed E-state index contributed by atoms with van der Waals surface area (Å²) in [6.07, 6.45) is 0. The van der Waals surface area contributed by atoms with Gasteiger partial charge in [-0.15, -0.1) is 0 Å². The van der Waals surface area contributed by atoms with Gasteiger partial charge in [-0.05, 0) is 311 Å². The number of carbonyl (C=O) groups excluding carboxylic acids is 10. The third-order valence-electron chi connectivity index (χ3n) is 27.2. The van der Waals surface area contributed by atoms with Crippen LogP contribution in [0.2, 0.25) is 0 Å². The molecule has 136 heavy (non-hydrogen) atoms. The molecule has 5 heterocycles. The fourth-order valence-electron chi connectivity index (χ4n) is 19.0. The first-order chi connectivity index (χ1) is 64.9. The van der Waals surface area contributed by atoms with Gasteiger partial charge in [-0.3, -0.25) is 47.9 Å². The van der Waals surface area contributed by atoms with Gasteiger partial charge in [-0.2, -0.15) is 0 Å². The summed E-state index contributed by atoms with van der Waals surface area (Å²) in [6.45, 7) is 59.2. The Labute approximate surface area is 797 Å². The Bertz CT molecular complexity index is 6720. The van der Waals surface area contributed by atoms with E-state index in [9.17, 15) is 52.3 Å². The highest BCUT2D eigenvalue weighted by atomic mass is 19.1. The van der Waals surface area contributed by atoms with Crippen molar-refractivity contribution in [2.75, 3.05) is 105 Å². The lowest BCUT2D eigenvalue weighted by Crippen LogP contribution is -2.27. The Hall–Kier alpha value is -12.6. The van der Waals surface area contributed by atoms with Crippen LogP contribution in [0, 0.1) is 25.5 Å². The SMILES string of the molecule is CCN(CC)CCn1c2ccc(C(C)=O)cc2c2c(C)c(C(C)=O)ccc21.CCN(CC)CCn1c2ccc(C(C)=O)cc2c2c(F)c(C(C)=O)ccc21.CCN(CC)CCn1c2ccc(C(C)=O)cc2c2c(OC)c(C(C)=O)ccc21.CCN(CC)CCn1c2ccc(C(C)=O)cc2c2cc(C(C)=O)c(C)cc21.CCN(CC)CCn1c2ccc(C(C)=O)cc2c2cc(C(C)=O)c(F)cc21. The molecule has 21 nitrogen and oxygen atoms in total. The van der Waals surface area contributed by atoms with E-state index in [1.807, 2.05) is 117 Å². The van der Waals surface area contributed by atoms with Crippen molar-refractivity contribution in [3.05, 3.63) is 230 Å². The molecule has 0 fully saturated rings. The molecule has 716 valence electrons. The van der Waals surface area contributed by atoms with Gasteiger partial charge in [-0.1, -0.05) is 69.2 Å². The van der Waals surface area contributed by atoms with E-state index in [-0.39, 0.29) is 69.0 Å². The van der Waals surface area contributed by atoms with Crippen molar-refractivity contribution in [1.29, 1.82) is 0 Å². The Morgan fingerprint density at radius 1 is 0.257 bits per heavy atom. The van der Waals surface area contributed by atoms with Gasteiger partial charge in [0, 0.05) is 191 Å². The molecule has 23 heteroatoms.